The Labute approximate surface area is 441 Å². The normalized spacial score (nSPS) is 12.1. The minimum atomic E-state index is 0.521. The summed E-state index contributed by atoms with van der Waals surface area (Å²) in [6, 6.07) is 75.0. The Hall–Kier alpha value is -10.2. The van der Waals surface area contributed by atoms with Gasteiger partial charge < -0.3 is 22.7 Å². The first kappa shape index (κ1) is 43.3. The molecular weight excluding hydrogens is 941 g/mol. The number of nitrogens with zero attached hydrogens (tertiary/aromatic N) is 6. The highest BCUT2D eigenvalue weighted by molar-refractivity contribution is 6.20. The van der Waals surface area contributed by atoms with E-state index in [0.717, 1.165) is 154 Å². The first-order valence-corrected chi connectivity index (χ1v) is 26.3. The molecule has 16 aromatic rings. The van der Waals surface area contributed by atoms with E-state index in [2.05, 4.69) is 246 Å². The highest BCUT2D eigenvalue weighted by Gasteiger charge is 2.36. The Morgan fingerprint density at radius 2 is 0.688 bits per heavy atom. The second kappa shape index (κ2) is 15.9. The van der Waals surface area contributed by atoms with Crippen LogP contribution < -0.4 is 0 Å². The predicted octanol–water partition coefficient (Wildman–Crippen LogP) is 18.1. The Balaban J connectivity index is 1.32. The molecule has 0 spiro atoms. The number of fused-ring (bicyclic) bond motifs is 15. The van der Waals surface area contributed by atoms with Crippen molar-refractivity contribution in [2.75, 3.05) is 0 Å². The van der Waals surface area contributed by atoms with Gasteiger partial charge in [-0.05, 0) is 86.3 Å². The molecule has 16 rings (SSSR count). The van der Waals surface area contributed by atoms with Crippen LogP contribution >= 0.6 is 0 Å². The van der Waals surface area contributed by atoms with E-state index in [1.807, 2.05) is 6.07 Å². The summed E-state index contributed by atoms with van der Waals surface area (Å²) in [4.78, 5) is 4.86. The van der Waals surface area contributed by atoms with Gasteiger partial charge in [0.1, 0.15) is 17.2 Å². The van der Waals surface area contributed by atoms with Crippen LogP contribution in [0, 0.1) is 39.0 Å². The third kappa shape index (κ3) is 5.71. The first-order valence-electron chi connectivity index (χ1n) is 26.3. The number of aryl methyl sites for hydroxylation is 4. The molecule has 0 saturated carbocycles. The maximum absolute atomic E-state index is 13.0. The van der Waals surface area contributed by atoms with Gasteiger partial charge in [-0.25, -0.2) is 4.98 Å². The van der Waals surface area contributed by atoms with E-state index in [9.17, 15) is 5.26 Å². The van der Waals surface area contributed by atoms with Crippen LogP contribution in [0.3, 0.4) is 0 Å². The number of nitriles is 1. The maximum Gasteiger partial charge on any atom is 0.227 e. The summed E-state index contributed by atoms with van der Waals surface area (Å²) in [7, 11) is 0. The lowest BCUT2D eigenvalue weighted by molar-refractivity contribution is 0.655. The first-order chi connectivity index (χ1) is 37.9. The summed E-state index contributed by atoms with van der Waals surface area (Å²) in [6.07, 6.45) is 1.80. The van der Waals surface area contributed by atoms with Crippen molar-refractivity contribution >= 4 is 109 Å². The van der Waals surface area contributed by atoms with E-state index in [-0.39, 0.29) is 0 Å². The maximum atomic E-state index is 13.0. The molecule has 362 valence electrons. The lowest BCUT2D eigenvalue weighted by atomic mass is 9.92. The molecule has 0 saturated heterocycles. The van der Waals surface area contributed by atoms with Crippen LogP contribution in [0.5, 0.6) is 0 Å². The molecule has 0 radical (unpaired) electrons. The van der Waals surface area contributed by atoms with E-state index in [1.165, 1.54) is 0 Å². The molecule has 0 bridgehead atoms. The Kier molecular flexibility index (Phi) is 8.95. The summed E-state index contributed by atoms with van der Waals surface area (Å²) < 4.78 is 17.0. The van der Waals surface area contributed by atoms with Crippen LogP contribution in [-0.2, 0) is 0 Å². The lowest BCUT2D eigenvalue weighted by Crippen LogP contribution is -2.17. The predicted molar refractivity (Wildman–Crippen MR) is 318 cm³/mol. The minimum Gasteiger partial charge on any atom is -0.437 e. The standard InChI is InChI=1S/C70H46N6O/c1-40-19-13-27-48-44-23-5-9-34-56(44)73(61(40)48)65-55(39-71)66(74-57-35-10-6-24-45(57)49-28-14-20-41(2)62(49)74)68(76-59-37-12-8-26-47(59)51-30-16-22-43(4)64(51)76)60(54-32-17-31-52-53-33-18-38-72-70(53)77-69(52)54)67(65)75-58-36-11-7-25-46(58)50-29-15-21-42(3)63(50)75/h5-38H,1-4H3. The third-order valence-electron chi connectivity index (χ3n) is 16.5. The van der Waals surface area contributed by atoms with Crippen molar-refractivity contribution in [2.24, 2.45) is 0 Å². The average Bonchev–Trinajstić information content (AvgIpc) is 4.32. The number of pyridine rings is 1. The van der Waals surface area contributed by atoms with Crippen molar-refractivity contribution in [3.63, 3.8) is 0 Å². The molecule has 0 amide bonds. The van der Waals surface area contributed by atoms with E-state index in [1.54, 1.807) is 6.20 Å². The second-order valence-corrected chi connectivity index (χ2v) is 20.7. The second-order valence-electron chi connectivity index (χ2n) is 20.7. The van der Waals surface area contributed by atoms with Gasteiger partial charge in [0.15, 0.2) is 0 Å². The SMILES string of the molecule is Cc1cccc2c3ccccc3n(-c3c(C#N)c(-n4c5ccccc5c5cccc(C)c54)c(-n4c5ccccc5c5cccc(C)c54)c(-c4cccc5c4oc4ncccc45)c3-n3c4ccccc4c4cccc(C)c43)c12. The van der Waals surface area contributed by atoms with Gasteiger partial charge in [0.2, 0.25) is 5.71 Å². The van der Waals surface area contributed by atoms with Crippen LogP contribution in [0.4, 0.5) is 0 Å². The monoisotopic (exact) mass is 986 g/mol. The average molecular weight is 987 g/mol. The molecule has 0 N–H and O–H groups in total. The summed E-state index contributed by atoms with van der Waals surface area (Å²) in [5.41, 5.74) is 19.4. The Morgan fingerprint density at radius 1 is 0.351 bits per heavy atom. The van der Waals surface area contributed by atoms with Crippen LogP contribution in [0.25, 0.3) is 143 Å². The zero-order valence-corrected chi connectivity index (χ0v) is 42.7. The number of para-hydroxylation sites is 9. The molecule has 0 atom stereocenters. The summed E-state index contributed by atoms with van der Waals surface area (Å²) >= 11 is 0. The molecule has 77 heavy (non-hydrogen) atoms. The van der Waals surface area contributed by atoms with Gasteiger partial charge in [0, 0.05) is 71.2 Å². The molecule has 7 heteroatoms. The smallest absolute Gasteiger partial charge is 0.227 e. The molecule has 0 unspecified atom stereocenters. The highest BCUT2D eigenvalue weighted by Crippen LogP contribution is 2.54. The van der Waals surface area contributed by atoms with E-state index in [0.29, 0.717) is 16.9 Å². The molecule has 10 aromatic carbocycles. The molecule has 7 nitrogen and oxygen atoms in total. The summed E-state index contributed by atoms with van der Waals surface area (Å²) in [6.45, 7) is 8.82. The lowest BCUT2D eigenvalue weighted by Gasteiger charge is -2.30. The topological polar surface area (TPSA) is 69.5 Å². The molecule has 0 aliphatic heterocycles. The highest BCUT2D eigenvalue weighted by atomic mass is 16.3. The van der Waals surface area contributed by atoms with Crippen molar-refractivity contribution in [1.29, 1.82) is 5.26 Å². The Bertz CT molecular complexity index is 5030. The van der Waals surface area contributed by atoms with E-state index >= 15 is 0 Å². The van der Waals surface area contributed by atoms with Crippen molar-refractivity contribution in [1.82, 2.24) is 23.3 Å². The molecule has 0 aliphatic rings. The van der Waals surface area contributed by atoms with Crippen LogP contribution in [0.2, 0.25) is 0 Å². The van der Waals surface area contributed by atoms with Gasteiger partial charge in [-0.1, -0.05) is 164 Å². The number of hydrogen-bond acceptors (Lipinski definition) is 3. The number of aromatic nitrogens is 5. The van der Waals surface area contributed by atoms with Gasteiger partial charge in [0.25, 0.3) is 0 Å². The van der Waals surface area contributed by atoms with Crippen LogP contribution in [0.1, 0.15) is 27.8 Å². The fourth-order valence-electron chi connectivity index (χ4n) is 13.4. The van der Waals surface area contributed by atoms with Gasteiger partial charge in [-0.15, -0.1) is 0 Å². The largest absolute Gasteiger partial charge is 0.437 e. The van der Waals surface area contributed by atoms with Crippen LogP contribution in [-0.4, -0.2) is 23.3 Å². The zero-order valence-electron chi connectivity index (χ0n) is 42.7. The summed E-state index contributed by atoms with van der Waals surface area (Å²) in [5.74, 6) is 0. The van der Waals surface area contributed by atoms with Crippen molar-refractivity contribution in [3.8, 4) is 39.9 Å². The van der Waals surface area contributed by atoms with Crippen molar-refractivity contribution in [2.45, 2.75) is 27.7 Å². The van der Waals surface area contributed by atoms with Crippen LogP contribution in [0.15, 0.2) is 211 Å². The molecule has 0 fully saturated rings. The van der Waals surface area contributed by atoms with Crippen molar-refractivity contribution < 1.29 is 4.42 Å². The number of hydrogen-bond donors (Lipinski definition) is 0. The van der Waals surface area contributed by atoms with Gasteiger partial charge in [0.05, 0.1) is 66.9 Å². The number of benzene rings is 10. The zero-order chi connectivity index (χ0) is 51.4. The molecule has 0 aliphatic carbocycles. The third-order valence-corrected chi connectivity index (χ3v) is 16.5. The quantitative estimate of drug-likeness (QED) is 0.172. The molecule has 6 heterocycles. The van der Waals surface area contributed by atoms with Crippen molar-refractivity contribution in [3.05, 3.63) is 234 Å². The van der Waals surface area contributed by atoms with E-state index in [4.69, 9.17) is 9.40 Å². The number of rotatable bonds is 5. The fourth-order valence-corrected chi connectivity index (χ4v) is 13.4. The summed E-state index contributed by atoms with van der Waals surface area (Å²) in [5, 5.41) is 23.8. The van der Waals surface area contributed by atoms with Gasteiger partial charge in [-0.3, -0.25) is 0 Å². The fraction of sp³-hybridized carbons (Fsp3) is 0.0571. The molecule has 6 aromatic heterocycles. The Morgan fingerprint density at radius 3 is 1.09 bits per heavy atom. The number of furan rings is 1. The van der Waals surface area contributed by atoms with Gasteiger partial charge >= 0.3 is 0 Å². The molecular formula is C70H46N6O. The van der Waals surface area contributed by atoms with Gasteiger partial charge in [-0.2, -0.15) is 5.26 Å². The van der Waals surface area contributed by atoms with E-state index < -0.39 is 0 Å². The minimum absolute atomic E-state index is 0.521.